The van der Waals surface area contributed by atoms with Gasteiger partial charge in [0.1, 0.15) is 0 Å². The van der Waals surface area contributed by atoms with Crippen LogP contribution in [-0.2, 0) is 9.47 Å². The van der Waals surface area contributed by atoms with Crippen LogP contribution in [0.15, 0.2) is 0 Å². The summed E-state index contributed by atoms with van der Waals surface area (Å²) >= 11 is 0. The molecule has 0 bridgehead atoms. The number of aliphatic hydroxyl groups is 1. The first-order chi connectivity index (χ1) is 8.27. The van der Waals surface area contributed by atoms with Crippen LogP contribution >= 0.6 is 0 Å². The summed E-state index contributed by atoms with van der Waals surface area (Å²) in [7, 11) is 1.62. The van der Waals surface area contributed by atoms with Crippen molar-refractivity contribution in [1.82, 2.24) is 4.90 Å². The van der Waals surface area contributed by atoms with Crippen molar-refractivity contribution in [3.63, 3.8) is 0 Å². The van der Waals surface area contributed by atoms with Crippen LogP contribution < -0.4 is 0 Å². The summed E-state index contributed by atoms with van der Waals surface area (Å²) in [4.78, 5) is 2.05. The molecular weight excluding hydrogens is 220 g/mol. The molecule has 0 aliphatic carbocycles. The Balaban J connectivity index is 2.19. The average Bonchev–Trinajstić information content (AvgIpc) is 2.35. The molecule has 1 fully saturated rings. The van der Waals surface area contributed by atoms with Gasteiger partial charge in [0.15, 0.2) is 0 Å². The number of β-amino-alcohol motifs (C(OH)–C–C–N with tert-alkyl or cyclic N) is 1. The highest BCUT2D eigenvalue weighted by Crippen LogP contribution is 2.16. The monoisotopic (exact) mass is 242 g/mol. The predicted octanol–water partition coefficient (Wildman–Crippen LogP) is 0.388. The second-order valence-corrected chi connectivity index (χ2v) is 4.36. The molecule has 1 rings (SSSR count). The van der Waals surface area contributed by atoms with E-state index in [2.05, 4.69) is 6.07 Å². The van der Waals surface area contributed by atoms with E-state index in [-0.39, 0.29) is 6.04 Å². The van der Waals surface area contributed by atoms with E-state index >= 15 is 0 Å². The van der Waals surface area contributed by atoms with Crippen LogP contribution in [0, 0.1) is 11.3 Å². The summed E-state index contributed by atoms with van der Waals surface area (Å²) in [5.74, 6) is 0. The zero-order valence-corrected chi connectivity index (χ0v) is 10.5. The summed E-state index contributed by atoms with van der Waals surface area (Å²) in [6.45, 7) is 2.75. The highest BCUT2D eigenvalue weighted by atomic mass is 16.5. The van der Waals surface area contributed by atoms with Gasteiger partial charge in [0.25, 0.3) is 0 Å². The van der Waals surface area contributed by atoms with E-state index in [0.29, 0.717) is 26.4 Å². The SMILES string of the molecule is COCCOCC(O)CN1CCCCC1C#N. The fourth-order valence-corrected chi connectivity index (χ4v) is 2.04. The minimum absolute atomic E-state index is 0.0441. The minimum Gasteiger partial charge on any atom is -0.389 e. The molecule has 0 radical (unpaired) electrons. The van der Waals surface area contributed by atoms with Gasteiger partial charge < -0.3 is 14.6 Å². The largest absolute Gasteiger partial charge is 0.389 e. The van der Waals surface area contributed by atoms with Gasteiger partial charge in [-0.15, -0.1) is 0 Å². The molecular formula is C12H22N2O3. The van der Waals surface area contributed by atoms with Gasteiger partial charge in [0.2, 0.25) is 0 Å². The molecule has 1 heterocycles. The number of ether oxygens (including phenoxy) is 2. The van der Waals surface area contributed by atoms with E-state index in [1.807, 2.05) is 4.90 Å². The van der Waals surface area contributed by atoms with Crippen molar-refractivity contribution in [2.24, 2.45) is 0 Å². The zero-order chi connectivity index (χ0) is 12.5. The van der Waals surface area contributed by atoms with Crippen LogP contribution in [-0.4, -0.2) is 62.2 Å². The lowest BCUT2D eigenvalue weighted by Crippen LogP contribution is -2.44. The Kier molecular flexibility index (Phi) is 7.13. The molecule has 1 saturated heterocycles. The number of rotatable bonds is 7. The molecule has 1 aliphatic rings. The first-order valence-corrected chi connectivity index (χ1v) is 6.16. The summed E-state index contributed by atoms with van der Waals surface area (Å²) in [5, 5.41) is 18.8. The Hall–Kier alpha value is -0.670. The lowest BCUT2D eigenvalue weighted by atomic mass is 10.0. The molecule has 1 N–H and O–H groups in total. The molecule has 0 aromatic rings. The second-order valence-electron chi connectivity index (χ2n) is 4.36. The lowest BCUT2D eigenvalue weighted by molar-refractivity contribution is -0.00665. The van der Waals surface area contributed by atoms with E-state index < -0.39 is 6.10 Å². The molecule has 5 heteroatoms. The number of hydrogen-bond donors (Lipinski definition) is 1. The summed E-state index contributed by atoms with van der Waals surface area (Å²) < 4.78 is 10.1. The molecule has 0 saturated carbocycles. The van der Waals surface area contributed by atoms with Crippen molar-refractivity contribution in [3.8, 4) is 6.07 Å². The molecule has 2 atom stereocenters. The van der Waals surface area contributed by atoms with Crippen molar-refractivity contribution in [2.75, 3.05) is 40.0 Å². The maximum Gasteiger partial charge on any atom is 0.0978 e. The van der Waals surface area contributed by atoms with Crippen molar-refractivity contribution < 1.29 is 14.6 Å². The van der Waals surface area contributed by atoms with Crippen LogP contribution in [0.5, 0.6) is 0 Å². The van der Waals surface area contributed by atoms with Gasteiger partial charge >= 0.3 is 0 Å². The van der Waals surface area contributed by atoms with Crippen LogP contribution in [0.25, 0.3) is 0 Å². The fraction of sp³-hybridized carbons (Fsp3) is 0.917. The van der Waals surface area contributed by atoms with E-state index in [0.717, 1.165) is 25.8 Å². The van der Waals surface area contributed by atoms with Crippen molar-refractivity contribution >= 4 is 0 Å². The van der Waals surface area contributed by atoms with Gasteiger partial charge in [-0.2, -0.15) is 5.26 Å². The van der Waals surface area contributed by atoms with E-state index in [9.17, 15) is 5.11 Å². The minimum atomic E-state index is -0.527. The predicted molar refractivity (Wildman–Crippen MR) is 63.5 cm³/mol. The summed E-state index contributed by atoms with van der Waals surface area (Å²) in [5.41, 5.74) is 0. The lowest BCUT2D eigenvalue weighted by Gasteiger charge is -2.32. The number of piperidine rings is 1. The first-order valence-electron chi connectivity index (χ1n) is 6.16. The number of hydrogen-bond acceptors (Lipinski definition) is 5. The van der Waals surface area contributed by atoms with E-state index in [1.54, 1.807) is 7.11 Å². The molecule has 17 heavy (non-hydrogen) atoms. The van der Waals surface area contributed by atoms with Crippen LogP contribution in [0.2, 0.25) is 0 Å². The highest BCUT2D eigenvalue weighted by molar-refractivity contribution is 4.94. The quantitative estimate of drug-likeness (QED) is 0.654. The van der Waals surface area contributed by atoms with E-state index in [4.69, 9.17) is 14.7 Å². The Morgan fingerprint density at radius 2 is 2.29 bits per heavy atom. The topological polar surface area (TPSA) is 65.7 Å². The van der Waals surface area contributed by atoms with Crippen LogP contribution in [0.3, 0.4) is 0 Å². The summed E-state index contributed by atoms with van der Waals surface area (Å²) in [6.07, 6.45) is 2.60. The third kappa shape index (κ3) is 5.46. The standard InChI is InChI=1S/C12H22N2O3/c1-16-6-7-17-10-12(15)9-14-5-3-2-4-11(14)8-13/h11-12,15H,2-7,9-10H2,1H3. The highest BCUT2D eigenvalue weighted by Gasteiger charge is 2.23. The van der Waals surface area contributed by atoms with Gasteiger partial charge in [-0.1, -0.05) is 0 Å². The average molecular weight is 242 g/mol. The Bertz CT molecular complexity index is 242. The van der Waals surface area contributed by atoms with Gasteiger partial charge in [-0.25, -0.2) is 0 Å². The van der Waals surface area contributed by atoms with Crippen LogP contribution in [0.1, 0.15) is 19.3 Å². The maximum atomic E-state index is 9.80. The number of nitriles is 1. The Morgan fingerprint density at radius 3 is 3.00 bits per heavy atom. The fourth-order valence-electron chi connectivity index (χ4n) is 2.04. The van der Waals surface area contributed by atoms with Gasteiger partial charge in [0, 0.05) is 13.7 Å². The number of aliphatic hydroxyl groups excluding tert-OH is 1. The molecule has 2 unspecified atom stereocenters. The number of likely N-dealkylation sites (tertiary alicyclic amines) is 1. The summed E-state index contributed by atoms with van der Waals surface area (Å²) in [6, 6.07) is 2.25. The van der Waals surface area contributed by atoms with E-state index in [1.165, 1.54) is 0 Å². The van der Waals surface area contributed by atoms with Crippen LogP contribution in [0.4, 0.5) is 0 Å². The van der Waals surface area contributed by atoms with Gasteiger partial charge in [-0.05, 0) is 25.8 Å². The zero-order valence-electron chi connectivity index (χ0n) is 10.5. The van der Waals surface area contributed by atoms with Gasteiger partial charge in [-0.3, -0.25) is 4.90 Å². The molecule has 5 nitrogen and oxygen atoms in total. The molecule has 0 aromatic heterocycles. The normalized spacial score (nSPS) is 23.2. The Labute approximate surface area is 103 Å². The molecule has 1 aliphatic heterocycles. The molecule has 0 aromatic carbocycles. The second kappa shape index (κ2) is 8.43. The number of nitrogens with zero attached hydrogens (tertiary/aromatic N) is 2. The maximum absolute atomic E-state index is 9.80. The van der Waals surface area contributed by atoms with Crippen molar-refractivity contribution in [1.29, 1.82) is 5.26 Å². The van der Waals surface area contributed by atoms with Gasteiger partial charge in [0.05, 0.1) is 38.0 Å². The molecule has 0 amide bonds. The van der Waals surface area contributed by atoms with Crippen molar-refractivity contribution in [3.05, 3.63) is 0 Å². The Morgan fingerprint density at radius 1 is 1.47 bits per heavy atom. The third-order valence-electron chi connectivity index (χ3n) is 2.95. The first kappa shape index (κ1) is 14.4. The number of methoxy groups -OCH3 is 1. The molecule has 98 valence electrons. The smallest absolute Gasteiger partial charge is 0.0978 e. The molecule has 0 spiro atoms. The van der Waals surface area contributed by atoms with Crippen molar-refractivity contribution in [2.45, 2.75) is 31.4 Å². The third-order valence-corrected chi connectivity index (χ3v) is 2.95.